The van der Waals surface area contributed by atoms with Gasteiger partial charge in [-0.15, -0.1) is 0 Å². The van der Waals surface area contributed by atoms with E-state index in [1.54, 1.807) is 6.20 Å². The highest BCUT2D eigenvalue weighted by Gasteiger charge is 2.34. The molecule has 1 aliphatic rings. The SMILES string of the molecule is O=c1nc(N[C@@H]2O[C@H](CO)C[C@H]2O)c(Cc2ccccc2)c[nH]1. The minimum absolute atomic E-state index is 0.158. The third-order valence-electron chi connectivity index (χ3n) is 3.80. The number of ether oxygens (including phenoxy) is 1. The fourth-order valence-electron chi connectivity index (χ4n) is 2.63. The number of aromatic amines is 1. The average molecular weight is 317 g/mol. The van der Waals surface area contributed by atoms with Gasteiger partial charge in [0.2, 0.25) is 0 Å². The van der Waals surface area contributed by atoms with Crippen molar-refractivity contribution in [2.45, 2.75) is 31.3 Å². The van der Waals surface area contributed by atoms with Gasteiger partial charge in [0.25, 0.3) is 0 Å². The Hall–Kier alpha value is -2.22. The third-order valence-corrected chi connectivity index (χ3v) is 3.80. The molecule has 0 spiro atoms. The van der Waals surface area contributed by atoms with Crippen molar-refractivity contribution in [3.63, 3.8) is 0 Å². The van der Waals surface area contributed by atoms with Crippen molar-refractivity contribution in [3.05, 3.63) is 58.1 Å². The normalized spacial score (nSPS) is 23.8. The average Bonchev–Trinajstić information content (AvgIpc) is 2.91. The Labute approximate surface area is 133 Å². The van der Waals surface area contributed by atoms with E-state index in [9.17, 15) is 9.90 Å². The summed E-state index contributed by atoms with van der Waals surface area (Å²) in [5, 5.41) is 22.1. The fraction of sp³-hybridized carbons (Fsp3) is 0.375. The van der Waals surface area contributed by atoms with Gasteiger partial charge in [0.05, 0.1) is 12.7 Å². The van der Waals surface area contributed by atoms with Crippen LogP contribution in [-0.4, -0.2) is 45.2 Å². The van der Waals surface area contributed by atoms with Crippen LogP contribution in [0.15, 0.2) is 41.3 Å². The zero-order valence-electron chi connectivity index (χ0n) is 12.5. The molecule has 122 valence electrons. The number of H-pyrrole nitrogens is 1. The molecule has 0 saturated carbocycles. The molecule has 0 aliphatic carbocycles. The maximum atomic E-state index is 11.5. The Morgan fingerprint density at radius 1 is 1.35 bits per heavy atom. The predicted molar refractivity (Wildman–Crippen MR) is 84.1 cm³/mol. The highest BCUT2D eigenvalue weighted by Crippen LogP contribution is 2.23. The van der Waals surface area contributed by atoms with E-state index in [-0.39, 0.29) is 6.61 Å². The molecule has 2 aromatic rings. The molecule has 7 nitrogen and oxygen atoms in total. The second-order valence-corrected chi connectivity index (χ2v) is 5.55. The van der Waals surface area contributed by atoms with Gasteiger partial charge < -0.3 is 25.3 Å². The number of benzene rings is 1. The second-order valence-electron chi connectivity index (χ2n) is 5.55. The monoisotopic (exact) mass is 317 g/mol. The lowest BCUT2D eigenvalue weighted by atomic mass is 10.1. The molecule has 1 saturated heterocycles. The molecule has 1 aliphatic heterocycles. The number of nitrogens with one attached hydrogen (secondary N) is 2. The van der Waals surface area contributed by atoms with Crippen molar-refractivity contribution in [3.8, 4) is 0 Å². The molecular weight excluding hydrogens is 298 g/mol. The summed E-state index contributed by atoms with van der Waals surface area (Å²) in [7, 11) is 0. The van der Waals surface area contributed by atoms with E-state index in [1.807, 2.05) is 30.3 Å². The molecule has 2 heterocycles. The van der Waals surface area contributed by atoms with E-state index in [0.717, 1.165) is 11.1 Å². The molecule has 7 heteroatoms. The quantitative estimate of drug-likeness (QED) is 0.629. The van der Waals surface area contributed by atoms with Crippen LogP contribution in [0.4, 0.5) is 5.82 Å². The molecule has 0 bridgehead atoms. The van der Waals surface area contributed by atoms with Crippen LogP contribution >= 0.6 is 0 Å². The first-order valence-corrected chi connectivity index (χ1v) is 7.49. The number of nitrogens with zero attached hydrogens (tertiary/aromatic N) is 1. The van der Waals surface area contributed by atoms with E-state index < -0.39 is 24.1 Å². The number of aliphatic hydroxyl groups is 2. The Morgan fingerprint density at radius 2 is 2.13 bits per heavy atom. The van der Waals surface area contributed by atoms with Crippen LogP contribution in [0.25, 0.3) is 0 Å². The molecule has 23 heavy (non-hydrogen) atoms. The number of hydrogen-bond acceptors (Lipinski definition) is 6. The Kier molecular flexibility index (Phi) is 4.71. The molecule has 3 rings (SSSR count). The largest absolute Gasteiger partial charge is 0.394 e. The lowest BCUT2D eigenvalue weighted by molar-refractivity contribution is 0.00510. The first kappa shape index (κ1) is 15.7. The maximum Gasteiger partial charge on any atom is 0.346 e. The van der Waals surface area contributed by atoms with E-state index in [1.165, 1.54) is 0 Å². The summed E-state index contributed by atoms with van der Waals surface area (Å²) in [6, 6.07) is 9.79. The van der Waals surface area contributed by atoms with Gasteiger partial charge in [-0.05, 0) is 5.56 Å². The minimum Gasteiger partial charge on any atom is -0.394 e. The predicted octanol–water partition coefficient (Wildman–Crippen LogP) is 0.241. The molecule has 1 aromatic carbocycles. The number of rotatable bonds is 5. The maximum absolute atomic E-state index is 11.5. The first-order chi connectivity index (χ1) is 11.2. The van der Waals surface area contributed by atoms with E-state index in [0.29, 0.717) is 18.7 Å². The molecule has 0 amide bonds. The summed E-state index contributed by atoms with van der Waals surface area (Å²) < 4.78 is 5.51. The van der Waals surface area contributed by atoms with Gasteiger partial charge in [-0.3, -0.25) is 0 Å². The van der Waals surface area contributed by atoms with Gasteiger partial charge in [0, 0.05) is 24.6 Å². The molecular formula is C16H19N3O4. The number of aromatic nitrogens is 2. The topological polar surface area (TPSA) is 107 Å². The Morgan fingerprint density at radius 3 is 2.83 bits per heavy atom. The van der Waals surface area contributed by atoms with Gasteiger partial charge >= 0.3 is 5.69 Å². The molecule has 1 fully saturated rings. The fourth-order valence-corrected chi connectivity index (χ4v) is 2.63. The number of anilines is 1. The molecule has 3 atom stereocenters. The van der Waals surface area contributed by atoms with Gasteiger partial charge in [0.15, 0.2) is 6.23 Å². The number of hydrogen-bond donors (Lipinski definition) is 4. The first-order valence-electron chi connectivity index (χ1n) is 7.49. The highest BCUT2D eigenvalue weighted by atomic mass is 16.5. The zero-order valence-corrected chi connectivity index (χ0v) is 12.5. The van der Waals surface area contributed by atoms with Crippen LogP contribution in [0, 0.1) is 0 Å². The summed E-state index contributed by atoms with van der Waals surface area (Å²) in [6.45, 7) is -0.158. The van der Waals surface area contributed by atoms with Gasteiger partial charge in [0.1, 0.15) is 11.9 Å². The van der Waals surface area contributed by atoms with E-state index in [2.05, 4.69) is 15.3 Å². The van der Waals surface area contributed by atoms with E-state index in [4.69, 9.17) is 9.84 Å². The van der Waals surface area contributed by atoms with Crippen LogP contribution in [0.1, 0.15) is 17.5 Å². The van der Waals surface area contributed by atoms with Gasteiger partial charge in [-0.25, -0.2) is 4.79 Å². The van der Waals surface area contributed by atoms with Crippen molar-refractivity contribution in [2.24, 2.45) is 0 Å². The molecule has 1 aromatic heterocycles. The van der Waals surface area contributed by atoms with Crippen molar-refractivity contribution in [1.29, 1.82) is 0 Å². The van der Waals surface area contributed by atoms with Crippen LogP contribution in [-0.2, 0) is 11.2 Å². The molecule has 0 unspecified atom stereocenters. The van der Waals surface area contributed by atoms with Crippen molar-refractivity contribution < 1.29 is 14.9 Å². The summed E-state index contributed by atoms with van der Waals surface area (Å²) in [6.07, 6.45) is 0.649. The lowest BCUT2D eigenvalue weighted by Gasteiger charge is -2.18. The second kappa shape index (κ2) is 6.91. The molecule has 0 radical (unpaired) electrons. The summed E-state index contributed by atoms with van der Waals surface area (Å²) in [5.74, 6) is 0.375. The minimum atomic E-state index is -0.766. The standard InChI is InChI=1S/C16H19N3O4/c20-9-12-7-13(21)15(23-12)18-14-11(8-17-16(22)19-14)6-10-4-2-1-3-5-10/h1-5,8,12-13,15,20-21H,6-7,9H2,(H2,17,18,19,22)/t12-,13+,15+/m0/s1. The van der Waals surface area contributed by atoms with Crippen LogP contribution in [0.3, 0.4) is 0 Å². The van der Waals surface area contributed by atoms with Crippen molar-refractivity contribution in [2.75, 3.05) is 11.9 Å². The third kappa shape index (κ3) is 3.76. The van der Waals surface area contributed by atoms with Gasteiger partial charge in [-0.2, -0.15) is 4.98 Å². The molecule has 4 N–H and O–H groups in total. The van der Waals surface area contributed by atoms with Crippen molar-refractivity contribution >= 4 is 5.82 Å². The summed E-state index contributed by atoms with van der Waals surface area (Å²) in [5.41, 5.74) is 1.39. The lowest BCUT2D eigenvalue weighted by Crippen LogP contribution is -2.32. The highest BCUT2D eigenvalue weighted by molar-refractivity contribution is 5.45. The van der Waals surface area contributed by atoms with Crippen molar-refractivity contribution in [1.82, 2.24) is 9.97 Å². The Balaban J connectivity index is 1.81. The zero-order chi connectivity index (χ0) is 16.2. The number of aliphatic hydroxyl groups excluding tert-OH is 2. The van der Waals surface area contributed by atoms with Gasteiger partial charge in [-0.1, -0.05) is 30.3 Å². The van der Waals surface area contributed by atoms with E-state index >= 15 is 0 Å². The van der Waals surface area contributed by atoms with Crippen LogP contribution in [0.2, 0.25) is 0 Å². The van der Waals surface area contributed by atoms with Crippen LogP contribution < -0.4 is 11.0 Å². The smallest absolute Gasteiger partial charge is 0.346 e. The van der Waals surface area contributed by atoms with Crippen LogP contribution in [0.5, 0.6) is 0 Å². The summed E-state index contributed by atoms with van der Waals surface area (Å²) in [4.78, 5) is 18.0. The summed E-state index contributed by atoms with van der Waals surface area (Å²) >= 11 is 0. The Bertz CT molecular complexity index is 704.